The molecule has 2 aromatic heterocycles. The summed E-state index contributed by atoms with van der Waals surface area (Å²) >= 11 is 1.60. The maximum absolute atomic E-state index is 12.8. The molecule has 6 nitrogen and oxygen atoms in total. The molecule has 3 aromatic rings. The molecule has 7 heteroatoms. The molecule has 1 aromatic carbocycles. The summed E-state index contributed by atoms with van der Waals surface area (Å²) in [5, 5.41) is 9.38. The molecule has 3 rings (SSSR count). The van der Waals surface area contributed by atoms with Crippen LogP contribution in [0.2, 0.25) is 0 Å². The lowest BCUT2D eigenvalue weighted by Gasteiger charge is -2.15. The molecule has 1 atom stereocenters. The molecule has 0 bridgehead atoms. The second-order valence-corrected chi connectivity index (χ2v) is 7.96. The van der Waals surface area contributed by atoms with E-state index >= 15 is 0 Å². The molecular formula is C23H25N3O3S. The average Bonchev–Trinajstić information content (AvgIpc) is 3.25. The third-order valence-electron chi connectivity index (χ3n) is 4.80. The van der Waals surface area contributed by atoms with Gasteiger partial charge in [-0.2, -0.15) is 11.3 Å². The van der Waals surface area contributed by atoms with Crippen LogP contribution in [0, 0.1) is 0 Å². The molecule has 156 valence electrons. The Balaban J connectivity index is 1.83. The molecule has 0 saturated carbocycles. The van der Waals surface area contributed by atoms with E-state index in [4.69, 9.17) is 0 Å². The summed E-state index contributed by atoms with van der Waals surface area (Å²) in [6.45, 7) is 2.44. The normalized spacial score (nSPS) is 11.7. The topological polar surface area (TPSA) is 80.2 Å². The molecule has 0 saturated heterocycles. The number of thiophene rings is 1. The van der Waals surface area contributed by atoms with Gasteiger partial charge in [-0.15, -0.1) is 0 Å². The van der Waals surface area contributed by atoms with Crippen molar-refractivity contribution in [3.8, 4) is 0 Å². The van der Waals surface area contributed by atoms with E-state index in [1.807, 2.05) is 54.1 Å². The molecular weight excluding hydrogens is 398 g/mol. The van der Waals surface area contributed by atoms with E-state index in [0.29, 0.717) is 19.4 Å². The van der Waals surface area contributed by atoms with Gasteiger partial charge in [0, 0.05) is 32.0 Å². The Morgan fingerprint density at radius 3 is 2.37 bits per heavy atom. The van der Waals surface area contributed by atoms with Crippen molar-refractivity contribution in [1.82, 2.24) is 15.2 Å². The molecule has 2 amide bonds. The average molecular weight is 424 g/mol. The van der Waals surface area contributed by atoms with E-state index in [2.05, 4.69) is 10.6 Å². The van der Waals surface area contributed by atoms with E-state index in [1.54, 1.807) is 15.9 Å². The van der Waals surface area contributed by atoms with Crippen LogP contribution in [0.4, 0.5) is 0 Å². The standard InChI is InChI=1S/C23H25N3O3S/c1-16(12-18-9-11-30-15-18)25-23(29)20-14-26(10-8-17-6-4-3-5-7-17)13-19(21(20)27)22(28)24-2/h3-7,9,11,13-16H,8,10,12H2,1-2H3,(H,24,28)(H,25,29)/t16-/m1/s1. The van der Waals surface area contributed by atoms with Crippen LogP contribution in [0.1, 0.15) is 38.8 Å². The number of hydrogen-bond acceptors (Lipinski definition) is 4. The van der Waals surface area contributed by atoms with Gasteiger partial charge in [0.1, 0.15) is 11.1 Å². The number of aryl methyl sites for hydroxylation is 2. The van der Waals surface area contributed by atoms with Gasteiger partial charge in [0.25, 0.3) is 11.8 Å². The number of rotatable bonds is 8. The first-order chi connectivity index (χ1) is 14.5. The zero-order valence-electron chi connectivity index (χ0n) is 17.1. The third kappa shape index (κ3) is 5.45. The van der Waals surface area contributed by atoms with Crippen molar-refractivity contribution in [3.63, 3.8) is 0 Å². The second kappa shape index (κ2) is 10.0. The summed E-state index contributed by atoms with van der Waals surface area (Å²) in [6, 6.07) is 11.8. The van der Waals surface area contributed by atoms with Crippen LogP contribution in [0.25, 0.3) is 0 Å². The van der Waals surface area contributed by atoms with E-state index in [1.165, 1.54) is 19.4 Å². The Kier molecular flexibility index (Phi) is 7.19. The largest absolute Gasteiger partial charge is 0.355 e. The van der Waals surface area contributed by atoms with Gasteiger partial charge in [-0.1, -0.05) is 30.3 Å². The number of hydrogen-bond donors (Lipinski definition) is 2. The third-order valence-corrected chi connectivity index (χ3v) is 5.53. The van der Waals surface area contributed by atoms with Gasteiger partial charge in [0.15, 0.2) is 0 Å². The van der Waals surface area contributed by atoms with Crippen molar-refractivity contribution in [2.75, 3.05) is 7.05 Å². The SMILES string of the molecule is CNC(=O)c1cn(CCc2ccccc2)cc(C(=O)N[C@H](C)Cc2ccsc2)c1=O. The molecule has 0 aliphatic heterocycles. The number of aromatic nitrogens is 1. The lowest BCUT2D eigenvalue weighted by atomic mass is 10.1. The molecule has 2 N–H and O–H groups in total. The maximum atomic E-state index is 12.8. The van der Waals surface area contributed by atoms with Crippen LogP contribution in [0.15, 0.2) is 64.3 Å². The lowest BCUT2D eigenvalue weighted by Crippen LogP contribution is -2.39. The Bertz CT molecular complexity index is 1060. The highest BCUT2D eigenvalue weighted by Gasteiger charge is 2.20. The highest BCUT2D eigenvalue weighted by atomic mass is 32.1. The van der Waals surface area contributed by atoms with Gasteiger partial charge < -0.3 is 15.2 Å². The first-order valence-corrected chi connectivity index (χ1v) is 10.7. The van der Waals surface area contributed by atoms with Crippen molar-refractivity contribution in [3.05, 3.63) is 92.0 Å². The first kappa shape index (κ1) is 21.5. The van der Waals surface area contributed by atoms with Crippen LogP contribution in [-0.4, -0.2) is 29.5 Å². The smallest absolute Gasteiger partial charge is 0.256 e. The van der Waals surface area contributed by atoms with E-state index < -0.39 is 17.2 Å². The minimum atomic E-state index is -0.564. The predicted molar refractivity (Wildman–Crippen MR) is 119 cm³/mol. The van der Waals surface area contributed by atoms with E-state index in [0.717, 1.165) is 11.1 Å². The highest BCUT2D eigenvalue weighted by molar-refractivity contribution is 7.07. The van der Waals surface area contributed by atoms with E-state index in [-0.39, 0.29) is 17.2 Å². The molecule has 30 heavy (non-hydrogen) atoms. The fourth-order valence-corrected chi connectivity index (χ4v) is 3.92. The molecule has 0 aliphatic carbocycles. The minimum absolute atomic E-state index is 0.0265. The zero-order valence-corrected chi connectivity index (χ0v) is 17.9. The molecule has 0 spiro atoms. The highest BCUT2D eigenvalue weighted by Crippen LogP contribution is 2.09. The van der Waals surface area contributed by atoms with Gasteiger partial charge in [-0.25, -0.2) is 0 Å². The van der Waals surface area contributed by atoms with E-state index in [9.17, 15) is 14.4 Å². The van der Waals surface area contributed by atoms with Gasteiger partial charge in [0.05, 0.1) is 0 Å². The minimum Gasteiger partial charge on any atom is -0.355 e. The number of amides is 2. The predicted octanol–water partition coefficient (Wildman–Crippen LogP) is 2.87. The Hall–Kier alpha value is -3.19. The Labute approximate surface area is 179 Å². The summed E-state index contributed by atoms with van der Waals surface area (Å²) in [5.41, 5.74) is 1.64. The zero-order chi connectivity index (χ0) is 21.5. The van der Waals surface area contributed by atoms with Crippen LogP contribution in [0.3, 0.4) is 0 Å². The summed E-state index contributed by atoms with van der Waals surface area (Å²) in [7, 11) is 1.46. The van der Waals surface area contributed by atoms with Crippen molar-refractivity contribution in [2.24, 2.45) is 0 Å². The maximum Gasteiger partial charge on any atom is 0.256 e. The summed E-state index contributed by atoms with van der Waals surface area (Å²) in [4.78, 5) is 37.9. The van der Waals surface area contributed by atoms with Gasteiger partial charge in [0.2, 0.25) is 5.43 Å². The van der Waals surface area contributed by atoms with Crippen LogP contribution >= 0.6 is 11.3 Å². The van der Waals surface area contributed by atoms with Crippen LogP contribution in [-0.2, 0) is 19.4 Å². The van der Waals surface area contributed by atoms with Crippen molar-refractivity contribution >= 4 is 23.2 Å². The fraction of sp³-hybridized carbons (Fsp3) is 0.261. The number of nitrogens with one attached hydrogen (secondary N) is 2. The summed E-state index contributed by atoms with van der Waals surface area (Å²) in [5.74, 6) is -0.976. The number of pyridine rings is 1. The van der Waals surface area contributed by atoms with Crippen molar-refractivity contribution < 1.29 is 9.59 Å². The lowest BCUT2D eigenvalue weighted by molar-refractivity contribution is 0.0938. The molecule has 2 heterocycles. The van der Waals surface area contributed by atoms with Gasteiger partial charge in [-0.3, -0.25) is 14.4 Å². The molecule has 0 radical (unpaired) electrons. The molecule has 0 unspecified atom stereocenters. The first-order valence-electron chi connectivity index (χ1n) is 9.80. The number of carbonyl (C=O) groups is 2. The quantitative estimate of drug-likeness (QED) is 0.585. The summed E-state index contributed by atoms with van der Waals surface area (Å²) < 4.78 is 1.73. The Morgan fingerprint density at radius 2 is 1.73 bits per heavy atom. The summed E-state index contributed by atoms with van der Waals surface area (Å²) in [6.07, 6.45) is 4.43. The number of nitrogens with zero attached hydrogens (tertiary/aromatic N) is 1. The monoisotopic (exact) mass is 423 g/mol. The molecule has 0 fully saturated rings. The van der Waals surface area contributed by atoms with Crippen LogP contribution < -0.4 is 16.1 Å². The Morgan fingerprint density at radius 1 is 1.03 bits per heavy atom. The van der Waals surface area contributed by atoms with Crippen molar-refractivity contribution in [2.45, 2.75) is 32.4 Å². The number of carbonyl (C=O) groups excluding carboxylic acids is 2. The fourth-order valence-electron chi connectivity index (χ4n) is 3.24. The van der Waals surface area contributed by atoms with Crippen LogP contribution in [0.5, 0.6) is 0 Å². The second-order valence-electron chi connectivity index (χ2n) is 7.18. The van der Waals surface area contributed by atoms with Crippen molar-refractivity contribution in [1.29, 1.82) is 0 Å². The van der Waals surface area contributed by atoms with Gasteiger partial charge >= 0.3 is 0 Å². The van der Waals surface area contributed by atoms with Gasteiger partial charge in [-0.05, 0) is 47.7 Å². The number of benzene rings is 1. The molecule has 0 aliphatic rings.